The van der Waals surface area contributed by atoms with Crippen molar-refractivity contribution in [2.24, 2.45) is 0 Å². The van der Waals surface area contributed by atoms with E-state index < -0.39 is 0 Å². The maximum atomic E-state index is 12.5. The largest absolute Gasteiger partial charge is 0.367 e. The maximum absolute atomic E-state index is 12.5. The maximum Gasteiger partial charge on any atom is 0.227 e. The first-order chi connectivity index (χ1) is 11.1. The fourth-order valence-corrected chi connectivity index (χ4v) is 2.72. The first-order valence-corrected chi connectivity index (χ1v) is 7.72. The fourth-order valence-electron chi connectivity index (χ4n) is 2.72. The van der Waals surface area contributed by atoms with Crippen LogP contribution in [-0.2, 0) is 16.0 Å². The predicted octanol–water partition coefficient (Wildman–Crippen LogP) is 1.63. The molecule has 6 heteroatoms. The summed E-state index contributed by atoms with van der Waals surface area (Å²) in [4.78, 5) is 27.3. The lowest BCUT2D eigenvalue weighted by Crippen LogP contribution is -2.43. The Labute approximate surface area is 135 Å². The number of nitrogens with zero attached hydrogens (tertiary/aromatic N) is 4. The van der Waals surface area contributed by atoms with Crippen LogP contribution in [0.5, 0.6) is 0 Å². The van der Waals surface area contributed by atoms with Crippen LogP contribution >= 0.6 is 0 Å². The Morgan fingerprint density at radius 1 is 1.35 bits per heavy atom. The number of hydrogen-bond acceptors (Lipinski definition) is 5. The van der Waals surface area contributed by atoms with Crippen LogP contribution in [0.1, 0.15) is 28.9 Å². The molecule has 2 aromatic rings. The third-order valence-electron chi connectivity index (χ3n) is 3.78. The molecule has 1 amide bonds. The number of morpholine rings is 1. The third-order valence-corrected chi connectivity index (χ3v) is 3.78. The lowest BCUT2D eigenvalue weighted by Gasteiger charge is -2.32. The predicted molar refractivity (Wildman–Crippen MR) is 84.7 cm³/mol. The van der Waals surface area contributed by atoms with Gasteiger partial charge in [-0.15, -0.1) is 0 Å². The molecule has 0 saturated carbocycles. The number of carbonyl (C=O) groups is 1. The second-order valence-corrected chi connectivity index (χ2v) is 5.75. The quantitative estimate of drug-likeness (QED) is 0.861. The van der Waals surface area contributed by atoms with Crippen molar-refractivity contribution in [3.63, 3.8) is 0 Å². The van der Waals surface area contributed by atoms with Gasteiger partial charge in [0.1, 0.15) is 6.10 Å². The van der Waals surface area contributed by atoms with E-state index in [0.717, 1.165) is 17.0 Å². The number of pyridine rings is 1. The van der Waals surface area contributed by atoms with Gasteiger partial charge in [0.2, 0.25) is 5.91 Å². The topological polar surface area (TPSA) is 68.2 Å². The molecule has 0 aliphatic carbocycles. The van der Waals surface area contributed by atoms with Crippen LogP contribution < -0.4 is 0 Å². The van der Waals surface area contributed by atoms with Crippen LogP contribution in [0.3, 0.4) is 0 Å². The van der Waals surface area contributed by atoms with E-state index in [1.807, 2.05) is 36.9 Å². The van der Waals surface area contributed by atoms with Crippen molar-refractivity contribution in [1.82, 2.24) is 19.9 Å². The van der Waals surface area contributed by atoms with Gasteiger partial charge in [0, 0.05) is 30.3 Å². The van der Waals surface area contributed by atoms with Gasteiger partial charge in [-0.1, -0.05) is 6.07 Å². The molecule has 0 bridgehead atoms. The molecule has 0 radical (unpaired) electrons. The van der Waals surface area contributed by atoms with Crippen molar-refractivity contribution < 1.29 is 9.53 Å². The van der Waals surface area contributed by atoms with Crippen molar-refractivity contribution in [2.75, 3.05) is 19.7 Å². The van der Waals surface area contributed by atoms with Gasteiger partial charge in [-0.2, -0.15) is 0 Å². The Balaban J connectivity index is 1.69. The zero-order valence-corrected chi connectivity index (χ0v) is 13.4. The Bertz CT molecular complexity index is 670. The molecule has 0 aromatic carbocycles. The summed E-state index contributed by atoms with van der Waals surface area (Å²) in [5, 5.41) is 0. The smallest absolute Gasteiger partial charge is 0.227 e. The number of amides is 1. The molecule has 1 fully saturated rings. The molecule has 23 heavy (non-hydrogen) atoms. The lowest BCUT2D eigenvalue weighted by molar-refractivity contribution is -0.138. The van der Waals surface area contributed by atoms with E-state index in [0.29, 0.717) is 31.9 Å². The molecule has 1 aliphatic heterocycles. The molecule has 6 nitrogen and oxygen atoms in total. The van der Waals surface area contributed by atoms with Gasteiger partial charge in [0.05, 0.1) is 19.6 Å². The first kappa shape index (κ1) is 15.6. The summed E-state index contributed by atoms with van der Waals surface area (Å²) in [6, 6.07) is 5.68. The molecule has 120 valence electrons. The van der Waals surface area contributed by atoms with Crippen LogP contribution in [0.2, 0.25) is 0 Å². The van der Waals surface area contributed by atoms with E-state index in [1.165, 1.54) is 0 Å². The molecule has 2 aromatic heterocycles. The highest BCUT2D eigenvalue weighted by atomic mass is 16.5. The second-order valence-electron chi connectivity index (χ2n) is 5.75. The molecular formula is C17H20N4O2. The summed E-state index contributed by atoms with van der Waals surface area (Å²) in [5.41, 5.74) is 2.74. The van der Waals surface area contributed by atoms with Gasteiger partial charge >= 0.3 is 0 Å². The van der Waals surface area contributed by atoms with Crippen molar-refractivity contribution in [1.29, 1.82) is 0 Å². The Kier molecular flexibility index (Phi) is 4.62. The van der Waals surface area contributed by atoms with Crippen LogP contribution in [-0.4, -0.2) is 45.5 Å². The summed E-state index contributed by atoms with van der Waals surface area (Å²) in [5.74, 6) is 0.733. The SMILES string of the molecule is Cc1cc(C)nc([C@H]2CN(C(=O)Cc3cccnc3)CCO2)n1. The molecule has 1 atom stereocenters. The number of aromatic nitrogens is 3. The normalized spacial score (nSPS) is 18.0. The zero-order valence-electron chi connectivity index (χ0n) is 13.4. The fraction of sp³-hybridized carbons (Fsp3) is 0.412. The Morgan fingerprint density at radius 3 is 2.83 bits per heavy atom. The van der Waals surface area contributed by atoms with Crippen molar-refractivity contribution in [2.45, 2.75) is 26.4 Å². The number of aryl methyl sites for hydroxylation is 2. The molecular weight excluding hydrogens is 292 g/mol. The summed E-state index contributed by atoms with van der Waals surface area (Å²) in [7, 11) is 0. The monoisotopic (exact) mass is 312 g/mol. The summed E-state index contributed by atoms with van der Waals surface area (Å²) in [6.07, 6.45) is 3.52. The standard InChI is InChI=1S/C17H20N4O2/c1-12-8-13(2)20-17(19-12)15-11-21(6-7-23-15)16(22)9-14-4-3-5-18-10-14/h3-5,8,10,15H,6-7,9,11H2,1-2H3/t15-/m1/s1. The molecule has 1 saturated heterocycles. The van der Waals surface area contributed by atoms with Gasteiger partial charge in [-0.25, -0.2) is 9.97 Å². The van der Waals surface area contributed by atoms with Crippen LogP contribution in [0, 0.1) is 13.8 Å². The van der Waals surface area contributed by atoms with E-state index >= 15 is 0 Å². The lowest BCUT2D eigenvalue weighted by atomic mass is 10.1. The highest BCUT2D eigenvalue weighted by Crippen LogP contribution is 2.20. The number of hydrogen-bond donors (Lipinski definition) is 0. The molecule has 1 aliphatic rings. The Morgan fingerprint density at radius 2 is 2.13 bits per heavy atom. The second kappa shape index (κ2) is 6.83. The molecule has 3 heterocycles. The minimum Gasteiger partial charge on any atom is -0.367 e. The first-order valence-electron chi connectivity index (χ1n) is 7.72. The minimum atomic E-state index is -0.264. The summed E-state index contributed by atoms with van der Waals surface area (Å²) >= 11 is 0. The highest BCUT2D eigenvalue weighted by molar-refractivity contribution is 5.78. The van der Waals surface area contributed by atoms with Gasteiger partial charge in [0.15, 0.2) is 5.82 Å². The van der Waals surface area contributed by atoms with Gasteiger partial charge in [0.25, 0.3) is 0 Å². The van der Waals surface area contributed by atoms with E-state index in [2.05, 4.69) is 15.0 Å². The number of ether oxygens (including phenoxy) is 1. The molecule has 0 N–H and O–H groups in total. The van der Waals surface area contributed by atoms with Crippen molar-refractivity contribution in [3.05, 3.63) is 53.4 Å². The molecule has 0 unspecified atom stereocenters. The van der Waals surface area contributed by atoms with Crippen LogP contribution in [0.4, 0.5) is 0 Å². The van der Waals surface area contributed by atoms with E-state index in [4.69, 9.17) is 4.74 Å². The van der Waals surface area contributed by atoms with E-state index in [1.54, 1.807) is 12.4 Å². The average molecular weight is 312 g/mol. The Hall–Kier alpha value is -2.34. The summed E-state index contributed by atoms with van der Waals surface area (Å²) < 4.78 is 5.77. The van der Waals surface area contributed by atoms with E-state index in [-0.39, 0.29) is 12.0 Å². The molecule has 3 rings (SSSR count). The van der Waals surface area contributed by atoms with Gasteiger partial charge < -0.3 is 9.64 Å². The average Bonchev–Trinajstić information content (AvgIpc) is 2.55. The van der Waals surface area contributed by atoms with Crippen LogP contribution in [0.15, 0.2) is 30.6 Å². The van der Waals surface area contributed by atoms with E-state index in [9.17, 15) is 4.79 Å². The summed E-state index contributed by atoms with van der Waals surface area (Å²) in [6.45, 7) is 5.46. The third kappa shape index (κ3) is 3.90. The molecule has 0 spiro atoms. The van der Waals surface area contributed by atoms with Gasteiger partial charge in [-0.05, 0) is 31.5 Å². The van der Waals surface area contributed by atoms with Crippen LogP contribution in [0.25, 0.3) is 0 Å². The minimum absolute atomic E-state index is 0.0793. The zero-order chi connectivity index (χ0) is 16.2. The number of rotatable bonds is 3. The van der Waals surface area contributed by atoms with Crippen molar-refractivity contribution in [3.8, 4) is 0 Å². The number of carbonyl (C=O) groups excluding carboxylic acids is 1. The highest BCUT2D eigenvalue weighted by Gasteiger charge is 2.27. The van der Waals surface area contributed by atoms with Gasteiger partial charge in [-0.3, -0.25) is 9.78 Å². The van der Waals surface area contributed by atoms with Crippen molar-refractivity contribution >= 4 is 5.91 Å².